The average molecular weight is 353 g/mol. The largest absolute Gasteiger partial charge is 0.325 e. The third kappa shape index (κ3) is 5.70. The van der Waals surface area contributed by atoms with Crippen molar-refractivity contribution in [3.05, 3.63) is 60.2 Å². The number of carbonyl (C=O) groups excluding carboxylic acids is 2. The first-order valence-corrected chi connectivity index (χ1v) is 8.82. The van der Waals surface area contributed by atoms with Gasteiger partial charge in [-0.1, -0.05) is 24.3 Å². The van der Waals surface area contributed by atoms with Crippen molar-refractivity contribution in [2.45, 2.75) is 33.2 Å². The minimum Gasteiger partial charge on any atom is -0.325 e. The molecule has 0 fully saturated rings. The van der Waals surface area contributed by atoms with Crippen molar-refractivity contribution in [3.63, 3.8) is 0 Å². The Kier molecular flexibility index (Phi) is 6.52. The Balaban J connectivity index is 2.10. The summed E-state index contributed by atoms with van der Waals surface area (Å²) in [6.07, 6.45) is 0. The van der Waals surface area contributed by atoms with E-state index in [-0.39, 0.29) is 23.9 Å². The van der Waals surface area contributed by atoms with Gasteiger partial charge in [0.2, 0.25) is 5.91 Å². The van der Waals surface area contributed by atoms with Crippen LogP contribution in [0.4, 0.5) is 11.4 Å². The molecule has 138 valence electrons. The molecule has 2 rings (SSSR count). The molecule has 5 heteroatoms. The first kappa shape index (κ1) is 19.7. The van der Waals surface area contributed by atoms with E-state index in [0.717, 1.165) is 5.69 Å². The van der Waals surface area contributed by atoms with E-state index in [9.17, 15) is 9.59 Å². The van der Waals surface area contributed by atoms with Gasteiger partial charge in [-0.05, 0) is 58.0 Å². The fourth-order valence-electron chi connectivity index (χ4n) is 2.49. The lowest BCUT2D eigenvalue weighted by Crippen LogP contribution is -2.41. The Morgan fingerprint density at radius 1 is 1.00 bits per heavy atom. The van der Waals surface area contributed by atoms with Crippen molar-refractivity contribution in [2.75, 3.05) is 23.3 Å². The van der Waals surface area contributed by atoms with E-state index in [2.05, 4.69) is 10.6 Å². The van der Waals surface area contributed by atoms with Gasteiger partial charge in [0.25, 0.3) is 5.91 Å². The molecule has 2 aromatic carbocycles. The van der Waals surface area contributed by atoms with Crippen molar-refractivity contribution in [3.8, 4) is 0 Å². The minimum absolute atomic E-state index is 0.0948. The lowest BCUT2D eigenvalue weighted by atomic mass is 10.1. The topological polar surface area (TPSA) is 61.4 Å². The van der Waals surface area contributed by atoms with Crippen molar-refractivity contribution in [1.82, 2.24) is 5.32 Å². The number of para-hydroxylation sites is 1. The Morgan fingerprint density at radius 3 is 2.31 bits per heavy atom. The fraction of sp³-hybridized carbons (Fsp3) is 0.333. The molecule has 0 aliphatic heterocycles. The molecule has 2 aromatic rings. The number of anilines is 2. The molecule has 0 aromatic heterocycles. The summed E-state index contributed by atoms with van der Waals surface area (Å²) in [5.74, 6) is -0.234. The maximum Gasteiger partial charge on any atom is 0.258 e. The lowest BCUT2D eigenvalue weighted by molar-refractivity contribution is -0.115. The highest BCUT2D eigenvalue weighted by molar-refractivity contribution is 6.07. The van der Waals surface area contributed by atoms with Crippen molar-refractivity contribution >= 4 is 23.2 Å². The molecule has 0 unspecified atom stereocenters. The molecule has 0 radical (unpaired) electrons. The van der Waals surface area contributed by atoms with E-state index in [4.69, 9.17) is 0 Å². The molecule has 0 aliphatic rings. The molecule has 2 N–H and O–H groups in total. The normalized spacial score (nSPS) is 11.1. The van der Waals surface area contributed by atoms with E-state index in [0.29, 0.717) is 17.8 Å². The minimum atomic E-state index is -0.139. The number of rotatable bonds is 6. The van der Waals surface area contributed by atoms with Gasteiger partial charge >= 0.3 is 0 Å². The van der Waals surface area contributed by atoms with Gasteiger partial charge in [-0.2, -0.15) is 0 Å². The summed E-state index contributed by atoms with van der Waals surface area (Å²) in [4.78, 5) is 26.7. The molecule has 2 amide bonds. The quantitative estimate of drug-likeness (QED) is 0.833. The van der Waals surface area contributed by atoms with Gasteiger partial charge < -0.3 is 15.5 Å². The molecule has 0 bridgehead atoms. The van der Waals surface area contributed by atoms with E-state index in [1.807, 2.05) is 58.0 Å². The first-order chi connectivity index (χ1) is 12.3. The summed E-state index contributed by atoms with van der Waals surface area (Å²) in [5.41, 5.74) is 1.87. The second-order valence-corrected chi connectivity index (χ2v) is 7.12. The SMILES string of the molecule is CCN(C(=O)c1cccc(NC(=O)CNC(C)(C)C)c1)c1ccccc1. The van der Waals surface area contributed by atoms with Crippen LogP contribution in [0.15, 0.2) is 54.6 Å². The zero-order valence-corrected chi connectivity index (χ0v) is 15.9. The summed E-state index contributed by atoms with van der Waals surface area (Å²) in [7, 11) is 0. The molecular weight excluding hydrogens is 326 g/mol. The molecular formula is C21H27N3O2. The second kappa shape index (κ2) is 8.63. The smallest absolute Gasteiger partial charge is 0.258 e. The highest BCUT2D eigenvalue weighted by atomic mass is 16.2. The predicted octanol–water partition coefficient (Wildman–Crippen LogP) is 3.68. The van der Waals surface area contributed by atoms with E-state index in [1.165, 1.54) is 0 Å². The Morgan fingerprint density at radius 2 is 1.69 bits per heavy atom. The van der Waals surface area contributed by atoms with Crippen LogP contribution in [0, 0.1) is 0 Å². The second-order valence-electron chi connectivity index (χ2n) is 7.12. The summed E-state index contributed by atoms with van der Waals surface area (Å²) < 4.78 is 0. The standard InChI is InChI=1S/C21H27N3O2/c1-5-24(18-12-7-6-8-13-18)20(26)16-10-9-11-17(14-16)23-19(25)15-22-21(2,3)4/h6-14,22H,5,15H2,1-4H3,(H,23,25). The molecule has 0 atom stereocenters. The number of carbonyl (C=O) groups is 2. The number of hydrogen-bond donors (Lipinski definition) is 2. The van der Waals surface area contributed by atoms with Crippen molar-refractivity contribution in [1.29, 1.82) is 0 Å². The van der Waals surface area contributed by atoms with Crippen LogP contribution >= 0.6 is 0 Å². The van der Waals surface area contributed by atoms with Crippen LogP contribution in [0.25, 0.3) is 0 Å². The zero-order valence-electron chi connectivity index (χ0n) is 15.9. The monoisotopic (exact) mass is 353 g/mol. The molecule has 0 heterocycles. The van der Waals surface area contributed by atoms with Crippen LogP contribution in [0.2, 0.25) is 0 Å². The summed E-state index contributed by atoms with van der Waals surface area (Å²) in [5, 5.41) is 5.98. The average Bonchev–Trinajstić information content (AvgIpc) is 2.61. The number of nitrogens with zero attached hydrogens (tertiary/aromatic N) is 1. The van der Waals surface area contributed by atoms with E-state index in [1.54, 1.807) is 29.2 Å². The summed E-state index contributed by atoms with van der Waals surface area (Å²) in [6.45, 7) is 8.73. The van der Waals surface area contributed by atoms with E-state index >= 15 is 0 Å². The van der Waals surface area contributed by atoms with Crippen LogP contribution in [-0.4, -0.2) is 30.4 Å². The molecule has 5 nitrogen and oxygen atoms in total. The van der Waals surface area contributed by atoms with Crippen LogP contribution in [0.5, 0.6) is 0 Å². The summed E-state index contributed by atoms with van der Waals surface area (Å²) >= 11 is 0. The van der Waals surface area contributed by atoms with Gasteiger partial charge in [0.1, 0.15) is 0 Å². The van der Waals surface area contributed by atoms with Gasteiger partial charge in [-0.15, -0.1) is 0 Å². The molecule has 0 saturated heterocycles. The van der Waals surface area contributed by atoms with Gasteiger partial charge in [0.15, 0.2) is 0 Å². The molecule has 26 heavy (non-hydrogen) atoms. The third-order valence-corrected chi connectivity index (χ3v) is 3.80. The van der Waals surface area contributed by atoms with Gasteiger partial charge in [-0.3, -0.25) is 9.59 Å². The lowest BCUT2D eigenvalue weighted by Gasteiger charge is -2.21. The predicted molar refractivity (Wildman–Crippen MR) is 107 cm³/mol. The van der Waals surface area contributed by atoms with E-state index < -0.39 is 0 Å². The van der Waals surface area contributed by atoms with Crippen LogP contribution in [-0.2, 0) is 4.79 Å². The van der Waals surface area contributed by atoms with Crippen LogP contribution in [0.1, 0.15) is 38.1 Å². The van der Waals surface area contributed by atoms with Crippen molar-refractivity contribution in [2.24, 2.45) is 0 Å². The maximum absolute atomic E-state index is 12.9. The number of nitrogens with one attached hydrogen (secondary N) is 2. The van der Waals surface area contributed by atoms with Crippen molar-refractivity contribution < 1.29 is 9.59 Å². The highest BCUT2D eigenvalue weighted by Gasteiger charge is 2.17. The Hall–Kier alpha value is -2.66. The highest BCUT2D eigenvalue weighted by Crippen LogP contribution is 2.18. The van der Waals surface area contributed by atoms with Gasteiger partial charge in [-0.25, -0.2) is 0 Å². The van der Waals surface area contributed by atoms with Gasteiger partial charge in [0, 0.05) is 29.0 Å². The fourth-order valence-corrected chi connectivity index (χ4v) is 2.49. The van der Waals surface area contributed by atoms with Crippen LogP contribution < -0.4 is 15.5 Å². The Labute approximate surface area is 155 Å². The number of amides is 2. The third-order valence-electron chi connectivity index (χ3n) is 3.80. The summed E-state index contributed by atoms with van der Waals surface area (Å²) in [6, 6.07) is 16.6. The number of hydrogen-bond acceptors (Lipinski definition) is 3. The zero-order chi connectivity index (χ0) is 19.2. The van der Waals surface area contributed by atoms with Gasteiger partial charge in [0.05, 0.1) is 6.54 Å². The molecule has 0 spiro atoms. The molecule has 0 saturated carbocycles. The Bertz CT molecular complexity index is 751. The molecule has 0 aliphatic carbocycles. The van der Waals surface area contributed by atoms with Crippen LogP contribution in [0.3, 0.4) is 0 Å². The maximum atomic E-state index is 12.9. The number of benzene rings is 2. The first-order valence-electron chi connectivity index (χ1n) is 8.82.